The van der Waals surface area contributed by atoms with Crippen LogP contribution >= 0.6 is 11.8 Å². The molecule has 1 aliphatic rings. The highest BCUT2D eigenvalue weighted by Crippen LogP contribution is 2.36. The van der Waals surface area contributed by atoms with Gasteiger partial charge in [-0.15, -0.1) is 11.8 Å². The number of nitrogens with zero attached hydrogens (tertiary/aromatic N) is 2. The van der Waals surface area contributed by atoms with E-state index in [9.17, 15) is 9.59 Å². The van der Waals surface area contributed by atoms with Gasteiger partial charge in [-0.2, -0.15) is 4.98 Å². The van der Waals surface area contributed by atoms with E-state index in [4.69, 9.17) is 14.0 Å². The summed E-state index contributed by atoms with van der Waals surface area (Å²) in [7, 11) is 1.57. The second kappa shape index (κ2) is 8.36. The summed E-state index contributed by atoms with van der Waals surface area (Å²) in [5, 5.41) is 6.14. The van der Waals surface area contributed by atoms with E-state index in [1.807, 2.05) is 42.5 Å². The average molecular weight is 411 g/mol. The summed E-state index contributed by atoms with van der Waals surface area (Å²) in [5.74, 6) is 0.475. The van der Waals surface area contributed by atoms with Crippen LogP contribution in [0.3, 0.4) is 0 Å². The molecule has 9 heteroatoms. The number of benzene rings is 2. The molecular formula is C20H17N3O5S. The first-order chi connectivity index (χ1) is 14.1. The van der Waals surface area contributed by atoms with Crippen molar-refractivity contribution in [2.75, 3.05) is 12.4 Å². The number of anilines is 1. The number of fused-ring (bicyclic) bond motifs is 1. The fourth-order valence-corrected chi connectivity index (χ4v) is 3.87. The fourth-order valence-electron chi connectivity index (χ4n) is 2.77. The van der Waals surface area contributed by atoms with Gasteiger partial charge >= 0.3 is 5.97 Å². The molecule has 2 aromatic carbocycles. The average Bonchev–Trinajstić information content (AvgIpc) is 3.22. The smallest absolute Gasteiger partial charge is 0.307 e. The molecule has 0 radical (unpaired) electrons. The van der Waals surface area contributed by atoms with Crippen molar-refractivity contribution >= 4 is 29.3 Å². The molecule has 0 aliphatic carbocycles. The molecule has 0 saturated carbocycles. The Morgan fingerprint density at radius 2 is 2.10 bits per heavy atom. The van der Waals surface area contributed by atoms with E-state index in [1.165, 1.54) is 11.8 Å². The second-order valence-electron chi connectivity index (χ2n) is 6.20. The Balaban J connectivity index is 1.33. The number of nitrogens with one attached hydrogen (secondary N) is 1. The van der Waals surface area contributed by atoms with Gasteiger partial charge in [0, 0.05) is 10.5 Å². The summed E-state index contributed by atoms with van der Waals surface area (Å²) in [4.78, 5) is 29.5. The summed E-state index contributed by atoms with van der Waals surface area (Å²) >= 11 is 1.34. The predicted octanol–water partition coefficient (Wildman–Crippen LogP) is 3.29. The lowest BCUT2D eigenvalue weighted by molar-refractivity contribution is -0.146. The molecule has 1 N–H and O–H groups in total. The summed E-state index contributed by atoms with van der Waals surface area (Å²) in [6.07, 6.45) is -0.0539. The van der Waals surface area contributed by atoms with Gasteiger partial charge in [0.1, 0.15) is 5.75 Å². The van der Waals surface area contributed by atoms with Crippen molar-refractivity contribution in [1.29, 1.82) is 0 Å². The van der Waals surface area contributed by atoms with Crippen LogP contribution in [-0.2, 0) is 20.9 Å². The second-order valence-corrected chi connectivity index (χ2v) is 7.44. The van der Waals surface area contributed by atoms with E-state index in [-0.39, 0.29) is 24.8 Å². The van der Waals surface area contributed by atoms with Crippen molar-refractivity contribution < 1.29 is 23.6 Å². The van der Waals surface area contributed by atoms with E-state index >= 15 is 0 Å². The van der Waals surface area contributed by atoms with E-state index < -0.39 is 11.2 Å². The third kappa shape index (κ3) is 4.40. The Kier molecular flexibility index (Phi) is 5.48. The first-order valence-electron chi connectivity index (χ1n) is 8.81. The zero-order chi connectivity index (χ0) is 20.2. The SMILES string of the molecule is COc1cccc(-c2noc(COC(=O)C[C@H]3Sc4ccccc4NC3=O)n2)c1. The van der Waals surface area contributed by atoms with E-state index in [1.54, 1.807) is 13.2 Å². The number of hydrogen-bond acceptors (Lipinski definition) is 8. The number of rotatable bonds is 6. The minimum absolute atomic E-state index is 0.0539. The third-order valence-corrected chi connectivity index (χ3v) is 5.49. The fraction of sp³-hybridized carbons (Fsp3) is 0.200. The standard InChI is InChI=1S/C20H17N3O5S/c1-26-13-6-4-5-12(9-13)19-22-17(28-23-19)11-27-18(24)10-16-20(25)21-14-7-2-3-8-15(14)29-16/h2-9,16H,10-11H2,1H3,(H,21,25)/t16-/m1/s1. The molecule has 4 rings (SSSR count). The highest BCUT2D eigenvalue weighted by Gasteiger charge is 2.29. The summed E-state index contributed by atoms with van der Waals surface area (Å²) in [6, 6.07) is 14.7. The van der Waals surface area contributed by atoms with Crippen LogP contribution in [0.2, 0.25) is 0 Å². The third-order valence-electron chi connectivity index (χ3n) is 4.21. The van der Waals surface area contributed by atoms with Gasteiger partial charge < -0.3 is 19.3 Å². The van der Waals surface area contributed by atoms with Crippen molar-refractivity contribution in [3.63, 3.8) is 0 Å². The molecule has 1 aliphatic heterocycles. The van der Waals surface area contributed by atoms with Crippen LogP contribution in [-0.4, -0.2) is 34.4 Å². The topological polar surface area (TPSA) is 104 Å². The Morgan fingerprint density at radius 1 is 1.24 bits per heavy atom. The molecule has 0 unspecified atom stereocenters. The number of ether oxygens (including phenoxy) is 2. The summed E-state index contributed by atoms with van der Waals surface area (Å²) in [6.45, 7) is -0.161. The number of esters is 1. The molecule has 0 bridgehead atoms. The normalized spacial score (nSPS) is 15.3. The molecule has 8 nitrogen and oxygen atoms in total. The lowest BCUT2D eigenvalue weighted by Crippen LogP contribution is -2.31. The van der Waals surface area contributed by atoms with Crippen LogP contribution in [0.1, 0.15) is 12.3 Å². The van der Waals surface area contributed by atoms with Gasteiger partial charge in [-0.25, -0.2) is 0 Å². The first kappa shape index (κ1) is 19.0. The Labute approximate surface area is 170 Å². The highest BCUT2D eigenvalue weighted by atomic mass is 32.2. The van der Waals surface area contributed by atoms with Gasteiger partial charge in [-0.05, 0) is 24.3 Å². The number of carbonyl (C=O) groups is 2. The van der Waals surface area contributed by atoms with Gasteiger partial charge in [-0.3, -0.25) is 9.59 Å². The minimum atomic E-state index is -0.549. The Bertz CT molecular complexity index is 1050. The lowest BCUT2D eigenvalue weighted by Gasteiger charge is -2.23. The molecule has 1 aromatic heterocycles. The summed E-state index contributed by atoms with van der Waals surface area (Å²) < 4.78 is 15.5. The van der Waals surface area contributed by atoms with Crippen LogP contribution in [0.25, 0.3) is 11.4 Å². The van der Waals surface area contributed by atoms with Crippen LogP contribution in [0.4, 0.5) is 5.69 Å². The van der Waals surface area contributed by atoms with Crippen molar-refractivity contribution in [3.05, 3.63) is 54.4 Å². The molecule has 3 aromatic rings. The maximum atomic E-state index is 12.2. The number of aromatic nitrogens is 2. The van der Waals surface area contributed by atoms with Gasteiger partial charge in [0.2, 0.25) is 11.7 Å². The Hall–Kier alpha value is -3.33. The number of carbonyl (C=O) groups excluding carboxylic acids is 2. The van der Waals surface area contributed by atoms with E-state index in [0.717, 1.165) is 16.1 Å². The van der Waals surface area contributed by atoms with Crippen molar-refractivity contribution in [2.24, 2.45) is 0 Å². The summed E-state index contributed by atoms with van der Waals surface area (Å²) in [5.41, 5.74) is 1.47. The molecule has 148 valence electrons. The van der Waals surface area contributed by atoms with E-state index in [2.05, 4.69) is 15.5 Å². The molecular weight excluding hydrogens is 394 g/mol. The van der Waals surface area contributed by atoms with Gasteiger partial charge in [0.15, 0.2) is 6.61 Å². The number of para-hydroxylation sites is 1. The quantitative estimate of drug-likeness (QED) is 0.616. The molecule has 29 heavy (non-hydrogen) atoms. The number of thioether (sulfide) groups is 1. The first-order valence-corrected chi connectivity index (χ1v) is 9.69. The maximum absolute atomic E-state index is 12.2. The molecule has 0 saturated heterocycles. The van der Waals surface area contributed by atoms with Crippen LogP contribution < -0.4 is 10.1 Å². The van der Waals surface area contributed by atoms with Gasteiger partial charge in [-0.1, -0.05) is 29.4 Å². The number of hydrogen-bond donors (Lipinski definition) is 1. The maximum Gasteiger partial charge on any atom is 0.307 e. The van der Waals surface area contributed by atoms with Gasteiger partial charge in [0.05, 0.1) is 24.5 Å². The predicted molar refractivity (Wildman–Crippen MR) is 105 cm³/mol. The van der Waals surface area contributed by atoms with Crippen molar-refractivity contribution in [3.8, 4) is 17.1 Å². The minimum Gasteiger partial charge on any atom is -0.497 e. The zero-order valence-corrected chi connectivity index (χ0v) is 16.3. The largest absolute Gasteiger partial charge is 0.497 e. The monoisotopic (exact) mass is 411 g/mol. The highest BCUT2D eigenvalue weighted by molar-refractivity contribution is 8.01. The number of methoxy groups -OCH3 is 1. The van der Waals surface area contributed by atoms with E-state index in [0.29, 0.717) is 11.6 Å². The molecule has 1 amide bonds. The number of amides is 1. The molecule has 1 atom stereocenters. The van der Waals surface area contributed by atoms with Gasteiger partial charge in [0.25, 0.3) is 5.89 Å². The van der Waals surface area contributed by atoms with Crippen LogP contribution in [0.5, 0.6) is 5.75 Å². The molecule has 0 spiro atoms. The molecule has 0 fully saturated rings. The van der Waals surface area contributed by atoms with Crippen molar-refractivity contribution in [1.82, 2.24) is 10.1 Å². The zero-order valence-electron chi connectivity index (χ0n) is 15.5. The molecule has 2 heterocycles. The van der Waals surface area contributed by atoms with Crippen LogP contribution in [0, 0.1) is 0 Å². The van der Waals surface area contributed by atoms with Crippen LogP contribution in [0.15, 0.2) is 57.9 Å². The lowest BCUT2D eigenvalue weighted by atomic mass is 10.2. The Morgan fingerprint density at radius 3 is 2.97 bits per heavy atom. The van der Waals surface area contributed by atoms with Crippen molar-refractivity contribution in [2.45, 2.75) is 23.2 Å².